The predicted molar refractivity (Wildman–Crippen MR) is 60.4 cm³/mol. The van der Waals surface area contributed by atoms with Gasteiger partial charge in [0, 0.05) is 13.1 Å². The molecule has 0 radical (unpaired) electrons. The summed E-state index contributed by atoms with van der Waals surface area (Å²) >= 11 is 0. The topological polar surface area (TPSA) is 49.8 Å². The average Bonchev–Trinajstić information content (AvgIpc) is 2.89. The molecule has 0 amide bonds. The maximum Gasteiger partial charge on any atom is 0.317 e. The van der Waals surface area contributed by atoms with Crippen molar-refractivity contribution in [2.45, 2.75) is 44.8 Å². The second kappa shape index (κ2) is 5.15. The highest BCUT2D eigenvalue weighted by atomic mass is 16.5. The molecule has 0 aromatic carbocycles. The van der Waals surface area contributed by atoms with Crippen molar-refractivity contribution in [3.05, 3.63) is 0 Å². The van der Waals surface area contributed by atoms with E-state index in [2.05, 4.69) is 6.92 Å². The number of carboxylic acid groups (broad SMARTS) is 1. The van der Waals surface area contributed by atoms with Crippen LogP contribution in [0.2, 0.25) is 0 Å². The maximum atomic E-state index is 10.8. The number of rotatable bonds is 6. The molecule has 1 saturated carbocycles. The van der Waals surface area contributed by atoms with Gasteiger partial charge in [-0.05, 0) is 38.5 Å². The van der Waals surface area contributed by atoms with E-state index < -0.39 is 5.97 Å². The Morgan fingerprint density at radius 1 is 1.31 bits per heavy atom. The number of hydrogen-bond acceptors (Lipinski definition) is 3. The van der Waals surface area contributed by atoms with E-state index in [1.54, 1.807) is 0 Å². The van der Waals surface area contributed by atoms with Gasteiger partial charge in [-0.3, -0.25) is 9.69 Å². The van der Waals surface area contributed by atoms with E-state index in [0.717, 1.165) is 31.8 Å². The smallest absolute Gasteiger partial charge is 0.317 e. The minimum Gasteiger partial charge on any atom is -0.480 e. The fraction of sp³-hybridized carbons (Fsp3) is 0.917. The highest BCUT2D eigenvalue weighted by Crippen LogP contribution is 2.30. The summed E-state index contributed by atoms with van der Waals surface area (Å²) < 4.78 is 5.74. The molecule has 4 nitrogen and oxygen atoms in total. The molecule has 0 bridgehead atoms. The first-order valence-electron chi connectivity index (χ1n) is 6.23. The van der Waals surface area contributed by atoms with E-state index in [0.29, 0.717) is 6.10 Å². The molecule has 1 aliphatic heterocycles. The molecule has 2 unspecified atom stereocenters. The van der Waals surface area contributed by atoms with E-state index >= 15 is 0 Å². The molecule has 1 saturated heterocycles. The van der Waals surface area contributed by atoms with Crippen LogP contribution in [-0.2, 0) is 9.53 Å². The Kier molecular flexibility index (Phi) is 3.82. The number of carbonyl (C=O) groups is 1. The Bertz CT molecular complexity index is 253. The van der Waals surface area contributed by atoms with Crippen LogP contribution >= 0.6 is 0 Å². The van der Waals surface area contributed by atoms with Crippen LogP contribution in [-0.4, -0.2) is 47.8 Å². The van der Waals surface area contributed by atoms with E-state index in [9.17, 15) is 4.79 Å². The van der Waals surface area contributed by atoms with Gasteiger partial charge in [0.2, 0.25) is 0 Å². The molecule has 2 atom stereocenters. The lowest BCUT2D eigenvalue weighted by atomic mass is 10.2. The summed E-state index contributed by atoms with van der Waals surface area (Å²) in [5.74, 6) is 0.00451. The van der Waals surface area contributed by atoms with Gasteiger partial charge in [-0.25, -0.2) is 0 Å². The number of carboxylic acids is 1. The van der Waals surface area contributed by atoms with Crippen LogP contribution in [0.15, 0.2) is 0 Å². The SMILES string of the molecule is CC1CCC(CN(CC(=O)O)CC2CC2)O1. The Hall–Kier alpha value is -0.610. The van der Waals surface area contributed by atoms with Crippen molar-refractivity contribution in [1.82, 2.24) is 4.90 Å². The van der Waals surface area contributed by atoms with Gasteiger partial charge < -0.3 is 9.84 Å². The zero-order chi connectivity index (χ0) is 11.5. The molecule has 1 N–H and O–H groups in total. The van der Waals surface area contributed by atoms with Crippen LogP contribution in [0.3, 0.4) is 0 Å². The lowest BCUT2D eigenvalue weighted by Crippen LogP contribution is -2.37. The van der Waals surface area contributed by atoms with E-state index in [4.69, 9.17) is 9.84 Å². The molecular weight excluding hydrogens is 206 g/mol. The third-order valence-corrected chi connectivity index (χ3v) is 3.35. The van der Waals surface area contributed by atoms with Crippen LogP contribution in [0.25, 0.3) is 0 Å². The first-order chi connectivity index (χ1) is 7.63. The average molecular weight is 227 g/mol. The predicted octanol–water partition coefficient (Wildman–Crippen LogP) is 1.35. The van der Waals surface area contributed by atoms with E-state index in [1.807, 2.05) is 4.90 Å². The molecule has 4 heteroatoms. The molecule has 2 aliphatic rings. The molecule has 0 spiro atoms. The quantitative estimate of drug-likeness (QED) is 0.744. The summed E-state index contributed by atoms with van der Waals surface area (Å²) in [7, 11) is 0. The second-order valence-electron chi connectivity index (χ2n) is 5.18. The van der Waals surface area contributed by atoms with Gasteiger partial charge in [0.1, 0.15) is 0 Å². The summed E-state index contributed by atoms with van der Waals surface area (Å²) in [5, 5.41) is 8.86. The van der Waals surface area contributed by atoms with Crippen LogP contribution in [0.1, 0.15) is 32.6 Å². The standard InChI is InChI=1S/C12H21NO3/c1-9-2-5-11(16-9)7-13(8-12(14)15)6-10-3-4-10/h9-11H,2-8H2,1H3,(H,14,15). The fourth-order valence-electron chi connectivity index (χ4n) is 2.37. The van der Waals surface area contributed by atoms with Crippen molar-refractivity contribution in [3.8, 4) is 0 Å². The normalized spacial score (nSPS) is 29.9. The van der Waals surface area contributed by atoms with E-state index in [1.165, 1.54) is 12.8 Å². The minimum atomic E-state index is -0.730. The summed E-state index contributed by atoms with van der Waals surface area (Å²) in [6.07, 6.45) is 5.29. The van der Waals surface area contributed by atoms with Crippen LogP contribution in [0.5, 0.6) is 0 Å². The van der Waals surface area contributed by atoms with Crippen molar-refractivity contribution in [3.63, 3.8) is 0 Å². The third kappa shape index (κ3) is 3.76. The van der Waals surface area contributed by atoms with Crippen molar-refractivity contribution >= 4 is 5.97 Å². The van der Waals surface area contributed by atoms with Crippen LogP contribution in [0, 0.1) is 5.92 Å². The van der Waals surface area contributed by atoms with Gasteiger partial charge in [0.15, 0.2) is 0 Å². The first kappa shape index (κ1) is 11.9. The van der Waals surface area contributed by atoms with Gasteiger partial charge >= 0.3 is 5.97 Å². The lowest BCUT2D eigenvalue weighted by Gasteiger charge is -2.23. The number of nitrogens with zero attached hydrogens (tertiary/aromatic N) is 1. The van der Waals surface area contributed by atoms with Crippen LogP contribution < -0.4 is 0 Å². The minimum absolute atomic E-state index is 0.157. The van der Waals surface area contributed by atoms with Crippen molar-refractivity contribution in [2.24, 2.45) is 5.92 Å². The Morgan fingerprint density at radius 3 is 2.56 bits per heavy atom. The molecule has 16 heavy (non-hydrogen) atoms. The second-order valence-corrected chi connectivity index (χ2v) is 5.18. The van der Waals surface area contributed by atoms with Gasteiger partial charge in [-0.2, -0.15) is 0 Å². The Morgan fingerprint density at radius 2 is 2.06 bits per heavy atom. The van der Waals surface area contributed by atoms with Crippen molar-refractivity contribution in [1.29, 1.82) is 0 Å². The molecule has 0 aromatic rings. The summed E-state index contributed by atoms with van der Waals surface area (Å²) in [6.45, 7) is 3.96. The van der Waals surface area contributed by atoms with Crippen molar-refractivity contribution in [2.75, 3.05) is 19.6 Å². The molecule has 2 fully saturated rings. The summed E-state index contributed by atoms with van der Waals surface area (Å²) in [5.41, 5.74) is 0. The summed E-state index contributed by atoms with van der Waals surface area (Å²) in [6, 6.07) is 0. The van der Waals surface area contributed by atoms with Gasteiger partial charge in [0.05, 0.1) is 18.8 Å². The summed E-state index contributed by atoms with van der Waals surface area (Å²) in [4.78, 5) is 12.8. The van der Waals surface area contributed by atoms with Crippen LogP contribution in [0.4, 0.5) is 0 Å². The number of ether oxygens (including phenoxy) is 1. The lowest BCUT2D eigenvalue weighted by molar-refractivity contribution is -0.138. The largest absolute Gasteiger partial charge is 0.480 e. The zero-order valence-electron chi connectivity index (χ0n) is 9.89. The molecule has 92 valence electrons. The fourth-order valence-corrected chi connectivity index (χ4v) is 2.37. The molecular formula is C12H21NO3. The molecule has 1 aliphatic carbocycles. The van der Waals surface area contributed by atoms with Crippen molar-refractivity contribution < 1.29 is 14.6 Å². The highest BCUT2D eigenvalue weighted by Gasteiger charge is 2.29. The maximum absolute atomic E-state index is 10.8. The first-order valence-corrected chi connectivity index (χ1v) is 6.23. The molecule has 0 aromatic heterocycles. The molecule has 2 rings (SSSR count). The van der Waals surface area contributed by atoms with E-state index in [-0.39, 0.29) is 12.6 Å². The highest BCUT2D eigenvalue weighted by molar-refractivity contribution is 5.69. The Balaban J connectivity index is 1.78. The van der Waals surface area contributed by atoms with Gasteiger partial charge in [0.25, 0.3) is 0 Å². The molecule has 1 heterocycles. The number of hydrogen-bond donors (Lipinski definition) is 1. The van der Waals surface area contributed by atoms with Gasteiger partial charge in [-0.15, -0.1) is 0 Å². The third-order valence-electron chi connectivity index (χ3n) is 3.35. The Labute approximate surface area is 96.6 Å². The monoisotopic (exact) mass is 227 g/mol. The van der Waals surface area contributed by atoms with Gasteiger partial charge in [-0.1, -0.05) is 0 Å². The zero-order valence-corrected chi connectivity index (χ0v) is 9.89. The number of aliphatic carboxylic acids is 1.